The Balaban J connectivity index is 1.91. The van der Waals surface area contributed by atoms with Crippen LogP contribution in [0.3, 0.4) is 0 Å². The van der Waals surface area contributed by atoms with Crippen LogP contribution in [-0.2, 0) is 0 Å². The van der Waals surface area contributed by atoms with Gasteiger partial charge in [-0.05, 0) is 23.8 Å². The van der Waals surface area contributed by atoms with Crippen LogP contribution >= 0.6 is 22.9 Å². The lowest BCUT2D eigenvalue weighted by molar-refractivity contribution is 1.05. The SMILES string of the molecule is O=c1/c(=C/c2ccc(Cl)cc2)sc2nnc(-c3cnccn3)n12. The van der Waals surface area contributed by atoms with Gasteiger partial charge in [0.25, 0.3) is 5.56 Å². The Morgan fingerprint density at radius 1 is 1.13 bits per heavy atom. The average molecular weight is 342 g/mol. The molecule has 0 fully saturated rings. The van der Waals surface area contributed by atoms with Crippen molar-refractivity contribution >= 4 is 34.0 Å². The zero-order valence-corrected chi connectivity index (χ0v) is 13.1. The molecule has 23 heavy (non-hydrogen) atoms. The second kappa shape index (κ2) is 5.53. The Morgan fingerprint density at radius 3 is 2.70 bits per heavy atom. The van der Waals surface area contributed by atoms with Gasteiger partial charge in [0.05, 0.1) is 10.7 Å². The summed E-state index contributed by atoms with van der Waals surface area (Å²) in [6, 6.07) is 7.27. The molecular formula is C15H8ClN5OS. The summed E-state index contributed by atoms with van der Waals surface area (Å²) in [5.74, 6) is 0.394. The van der Waals surface area contributed by atoms with Crippen LogP contribution in [0.4, 0.5) is 0 Å². The predicted octanol–water partition coefficient (Wildman–Crippen LogP) is 1.81. The lowest BCUT2D eigenvalue weighted by Crippen LogP contribution is -2.23. The van der Waals surface area contributed by atoms with Crippen molar-refractivity contribution in [3.8, 4) is 11.5 Å². The summed E-state index contributed by atoms with van der Waals surface area (Å²) in [5.41, 5.74) is 1.23. The van der Waals surface area contributed by atoms with Crippen LogP contribution in [-0.4, -0.2) is 24.6 Å². The molecule has 0 amide bonds. The van der Waals surface area contributed by atoms with Crippen molar-refractivity contribution in [2.45, 2.75) is 0 Å². The van der Waals surface area contributed by atoms with Crippen LogP contribution < -0.4 is 10.1 Å². The van der Waals surface area contributed by atoms with Gasteiger partial charge in [-0.2, -0.15) is 0 Å². The molecule has 3 heterocycles. The maximum absolute atomic E-state index is 12.6. The molecule has 0 saturated heterocycles. The number of hydrogen-bond acceptors (Lipinski definition) is 6. The summed E-state index contributed by atoms with van der Waals surface area (Å²) in [5, 5.41) is 8.74. The largest absolute Gasteiger partial charge is 0.276 e. The highest BCUT2D eigenvalue weighted by atomic mass is 35.5. The topological polar surface area (TPSA) is 73.0 Å². The average Bonchev–Trinajstić information content (AvgIpc) is 3.12. The van der Waals surface area contributed by atoms with Gasteiger partial charge in [0, 0.05) is 17.4 Å². The number of nitrogens with zero attached hydrogens (tertiary/aromatic N) is 5. The van der Waals surface area contributed by atoms with E-state index in [2.05, 4.69) is 20.2 Å². The molecule has 0 aliphatic heterocycles. The van der Waals surface area contributed by atoms with Crippen molar-refractivity contribution in [3.05, 3.63) is 68.3 Å². The van der Waals surface area contributed by atoms with Crippen LogP contribution in [0.1, 0.15) is 5.56 Å². The minimum absolute atomic E-state index is 0.175. The lowest BCUT2D eigenvalue weighted by Gasteiger charge is -1.93. The molecule has 4 rings (SSSR count). The van der Waals surface area contributed by atoms with E-state index in [0.717, 1.165) is 5.56 Å². The molecule has 0 N–H and O–H groups in total. The van der Waals surface area contributed by atoms with Gasteiger partial charge in [-0.25, -0.2) is 9.38 Å². The van der Waals surface area contributed by atoms with Gasteiger partial charge in [-0.3, -0.25) is 9.78 Å². The number of hydrogen-bond donors (Lipinski definition) is 0. The van der Waals surface area contributed by atoms with Crippen molar-refractivity contribution in [2.75, 3.05) is 0 Å². The summed E-state index contributed by atoms with van der Waals surface area (Å²) >= 11 is 7.15. The number of fused-ring (bicyclic) bond motifs is 1. The predicted molar refractivity (Wildman–Crippen MR) is 88.4 cm³/mol. The first-order chi connectivity index (χ1) is 11.2. The fraction of sp³-hybridized carbons (Fsp3) is 0. The summed E-state index contributed by atoms with van der Waals surface area (Å²) in [6.07, 6.45) is 6.47. The van der Waals surface area contributed by atoms with Gasteiger partial charge in [-0.1, -0.05) is 35.1 Å². The number of aromatic nitrogens is 5. The van der Waals surface area contributed by atoms with Crippen LogP contribution in [0.5, 0.6) is 0 Å². The minimum Gasteiger partial charge on any atom is -0.267 e. The molecule has 1 aromatic carbocycles. The first-order valence-corrected chi connectivity index (χ1v) is 7.83. The fourth-order valence-corrected chi connectivity index (χ4v) is 3.19. The zero-order valence-electron chi connectivity index (χ0n) is 11.5. The third-order valence-corrected chi connectivity index (χ3v) is 4.42. The highest BCUT2D eigenvalue weighted by molar-refractivity contribution is 7.15. The van der Waals surface area contributed by atoms with Crippen molar-refractivity contribution in [2.24, 2.45) is 0 Å². The van der Waals surface area contributed by atoms with Crippen molar-refractivity contribution in [1.29, 1.82) is 0 Å². The van der Waals surface area contributed by atoms with Crippen LogP contribution in [0, 0.1) is 0 Å². The summed E-state index contributed by atoms with van der Waals surface area (Å²) in [7, 11) is 0. The van der Waals surface area contributed by atoms with Gasteiger partial charge < -0.3 is 0 Å². The van der Waals surface area contributed by atoms with Crippen LogP contribution in [0.25, 0.3) is 22.6 Å². The zero-order chi connectivity index (χ0) is 15.8. The van der Waals surface area contributed by atoms with Crippen LogP contribution in [0.15, 0.2) is 47.7 Å². The number of halogens is 1. The molecule has 0 spiro atoms. The van der Waals surface area contributed by atoms with Gasteiger partial charge in [-0.15, -0.1) is 10.2 Å². The Bertz CT molecular complexity index is 1090. The molecular weight excluding hydrogens is 334 g/mol. The minimum atomic E-state index is -0.175. The van der Waals surface area contributed by atoms with E-state index in [0.29, 0.717) is 26.0 Å². The molecule has 6 nitrogen and oxygen atoms in total. The highest BCUT2D eigenvalue weighted by Gasteiger charge is 2.14. The fourth-order valence-electron chi connectivity index (χ4n) is 2.15. The maximum Gasteiger partial charge on any atom is 0.276 e. The quantitative estimate of drug-likeness (QED) is 0.556. The molecule has 3 aromatic heterocycles. The van der Waals surface area contributed by atoms with E-state index in [1.165, 1.54) is 15.7 Å². The molecule has 0 radical (unpaired) electrons. The van der Waals surface area contributed by atoms with E-state index in [-0.39, 0.29) is 5.56 Å². The number of rotatable bonds is 2. The van der Waals surface area contributed by atoms with Crippen molar-refractivity contribution in [3.63, 3.8) is 0 Å². The molecule has 8 heteroatoms. The van der Waals surface area contributed by atoms with E-state index in [1.54, 1.807) is 36.8 Å². The second-order valence-corrected chi connectivity index (χ2v) is 6.15. The molecule has 0 bridgehead atoms. The van der Waals surface area contributed by atoms with Gasteiger partial charge >= 0.3 is 0 Å². The first kappa shape index (κ1) is 14.0. The third-order valence-electron chi connectivity index (χ3n) is 3.21. The molecule has 0 atom stereocenters. The number of thiazole rings is 1. The Labute approximate surface area is 138 Å². The van der Waals surface area contributed by atoms with Crippen LogP contribution in [0.2, 0.25) is 5.02 Å². The molecule has 112 valence electrons. The summed E-state index contributed by atoms with van der Waals surface area (Å²) in [4.78, 5) is 21.3. The molecule has 0 aliphatic rings. The first-order valence-electron chi connectivity index (χ1n) is 6.64. The maximum atomic E-state index is 12.6. The summed E-state index contributed by atoms with van der Waals surface area (Å²) < 4.78 is 2.03. The Morgan fingerprint density at radius 2 is 1.96 bits per heavy atom. The van der Waals surface area contributed by atoms with Gasteiger partial charge in [0.2, 0.25) is 4.96 Å². The monoisotopic (exact) mass is 341 g/mol. The van der Waals surface area contributed by atoms with Gasteiger partial charge in [0.15, 0.2) is 5.82 Å². The van der Waals surface area contributed by atoms with Crippen molar-refractivity contribution < 1.29 is 0 Å². The molecule has 0 unspecified atom stereocenters. The molecule has 4 aromatic rings. The normalized spacial score (nSPS) is 12.1. The smallest absolute Gasteiger partial charge is 0.267 e. The van der Waals surface area contributed by atoms with Gasteiger partial charge in [0.1, 0.15) is 5.69 Å². The van der Waals surface area contributed by atoms with Crippen molar-refractivity contribution in [1.82, 2.24) is 24.6 Å². The van der Waals surface area contributed by atoms with E-state index >= 15 is 0 Å². The lowest BCUT2D eigenvalue weighted by atomic mass is 10.2. The number of benzene rings is 1. The second-order valence-electron chi connectivity index (χ2n) is 4.70. The van der Waals surface area contributed by atoms with E-state index in [9.17, 15) is 4.79 Å². The Kier molecular flexibility index (Phi) is 3.36. The molecule has 0 saturated carbocycles. The molecule has 0 aliphatic carbocycles. The summed E-state index contributed by atoms with van der Waals surface area (Å²) in [6.45, 7) is 0. The van der Waals surface area contributed by atoms with E-state index < -0.39 is 0 Å². The highest BCUT2D eigenvalue weighted by Crippen LogP contribution is 2.14. The standard InChI is InChI=1S/C15H8ClN5OS/c16-10-3-1-9(2-4-10)7-12-14(22)21-13(19-20-15(21)23-12)11-8-17-5-6-18-11/h1-8H/b12-7-. The van der Waals surface area contributed by atoms with E-state index in [1.807, 2.05) is 12.1 Å². The third kappa shape index (κ3) is 2.49. The van der Waals surface area contributed by atoms with E-state index in [4.69, 9.17) is 11.6 Å². The Hall–Kier alpha value is -2.64.